The van der Waals surface area contributed by atoms with Gasteiger partial charge in [0.25, 0.3) is 5.91 Å². The average molecular weight is 288 g/mol. The van der Waals surface area contributed by atoms with Crippen LogP contribution in [-0.2, 0) is 4.79 Å². The number of carboxylic acid groups (broad SMARTS) is 1. The first-order valence-corrected chi connectivity index (χ1v) is 6.59. The van der Waals surface area contributed by atoms with E-state index in [9.17, 15) is 9.59 Å². The maximum absolute atomic E-state index is 12.3. The summed E-state index contributed by atoms with van der Waals surface area (Å²) in [6.45, 7) is 2.50. The second-order valence-electron chi connectivity index (χ2n) is 4.42. The highest BCUT2D eigenvalue weighted by molar-refractivity contribution is 5.94. The minimum Gasteiger partial charge on any atom is -0.481 e. The Morgan fingerprint density at radius 1 is 1.29 bits per heavy atom. The highest BCUT2D eigenvalue weighted by Crippen LogP contribution is 2.11. The molecule has 1 heterocycles. The fraction of sp³-hybridized carbons (Fsp3) is 0.286. The SMILES string of the molecule is CCN(CCC(=O)O)C(=O)c1ccc(-n2ccnn2)cc1. The van der Waals surface area contributed by atoms with Crippen LogP contribution in [0, 0.1) is 0 Å². The van der Waals surface area contributed by atoms with Crippen molar-refractivity contribution >= 4 is 11.9 Å². The van der Waals surface area contributed by atoms with Crippen LogP contribution in [0.25, 0.3) is 5.69 Å². The van der Waals surface area contributed by atoms with Crippen molar-refractivity contribution in [3.63, 3.8) is 0 Å². The highest BCUT2D eigenvalue weighted by atomic mass is 16.4. The van der Waals surface area contributed by atoms with E-state index >= 15 is 0 Å². The van der Waals surface area contributed by atoms with E-state index in [1.165, 1.54) is 4.90 Å². The molecule has 110 valence electrons. The molecular weight excluding hydrogens is 272 g/mol. The van der Waals surface area contributed by atoms with Crippen molar-refractivity contribution in [1.82, 2.24) is 19.9 Å². The maximum atomic E-state index is 12.3. The van der Waals surface area contributed by atoms with Crippen LogP contribution in [0.4, 0.5) is 0 Å². The van der Waals surface area contributed by atoms with E-state index in [1.54, 1.807) is 41.3 Å². The molecule has 0 aliphatic heterocycles. The van der Waals surface area contributed by atoms with E-state index in [0.717, 1.165) is 5.69 Å². The Bertz CT molecular complexity index is 608. The minimum absolute atomic E-state index is 0.0589. The molecule has 0 atom stereocenters. The molecule has 2 rings (SSSR count). The molecule has 7 nitrogen and oxygen atoms in total. The second-order valence-corrected chi connectivity index (χ2v) is 4.42. The molecule has 7 heteroatoms. The number of aromatic nitrogens is 3. The quantitative estimate of drug-likeness (QED) is 0.863. The highest BCUT2D eigenvalue weighted by Gasteiger charge is 2.15. The van der Waals surface area contributed by atoms with Gasteiger partial charge in [0.2, 0.25) is 0 Å². The van der Waals surface area contributed by atoms with Crippen LogP contribution in [0.3, 0.4) is 0 Å². The van der Waals surface area contributed by atoms with E-state index in [1.807, 2.05) is 6.92 Å². The van der Waals surface area contributed by atoms with Crippen molar-refractivity contribution < 1.29 is 14.7 Å². The third-order valence-electron chi connectivity index (χ3n) is 3.07. The summed E-state index contributed by atoms with van der Waals surface area (Å²) in [7, 11) is 0. The molecule has 0 unspecified atom stereocenters. The molecule has 0 bridgehead atoms. The Balaban J connectivity index is 2.09. The van der Waals surface area contributed by atoms with Crippen LogP contribution in [-0.4, -0.2) is 50.0 Å². The number of hydrogen-bond donors (Lipinski definition) is 1. The fourth-order valence-electron chi connectivity index (χ4n) is 1.92. The fourth-order valence-corrected chi connectivity index (χ4v) is 1.92. The Morgan fingerprint density at radius 3 is 2.52 bits per heavy atom. The standard InChI is InChI=1S/C14H16N4O3/c1-2-17(9-7-13(19)20)14(21)11-3-5-12(6-4-11)18-10-8-15-16-18/h3-6,8,10H,2,7,9H2,1H3,(H,19,20). The first kappa shape index (κ1) is 14.7. The van der Waals surface area contributed by atoms with Gasteiger partial charge in [-0.2, -0.15) is 0 Å². The molecule has 2 aromatic rings. The summed E-state index contributed by atoms with van der Waals surface area (Å²) >= 11 is 0. The van der Waals surface area contributed by atoms with E-state index in [2.05, 4.69) is 10.3 Å². The lowest BCUT2D eigenvalue weighted by Gasteiger charge is -2.20. The first-order chi connectivity index (χ1) is 10.1. The summed E-state index contributed by atoms with van der Waals surface area (Å²) in [5.41, 5.74) is 1.32. The van der Waals surface area contributed by atoms with Gasteiger partial charge in [-0.05, 0) is 31.2 Å². The summed E-state index contributed by atoms with van der Waals surface area (Å²) in [6, 6.07) is 6.94. The lowest BCUT2D eigenvalue weighted by Crippen LogP contribution is -2.32. The molecule has 0 saturated heterocycles. The number of hydrogen-bond acceptors (Lipinski definition) is 4. The van der Waals surface area contributed by atoms with Gasteiger partial charge in [-0.15, -0.1) is 5.10 Å². The number of rotatable bonds is 6. The third-order valence-corrected chi connectivity index (χ3v) is 3.07. The molecule has 1 N–H and O–H groups in total. The third kappa shape index (κ3) is 3.65. The Labute approximate surface area is 121 Å². The lowest BCUT2D eigenvalue weighted by atomic mass is 10.1. The van der Waals surface area contributed by atoms with Crippen LogP contribution >= 0.6 is 0 Å². The van der Waals surface area contributed by atoms with Gasteiger partial charge >= 0.3 is 5.97 Å². The van der Waals surface area contributed by atoms with Crippen LogP contribution in [0.2, 0.25) is 0 Å². The van der Waals surface area contributed by atoms with Crippen molar-refractivity contribution in [3.05, 3.63) is 42.2 Å². The summed E-state index contributed by atoms with van der Waals surface area (Å²) in [5.74, 6) is -1.09. The molecule has 0 radical (unpaired) electrons. The molecule has 0 spiro atoms. The summed E-state index contributed by atoms with van der Waals surface area (Å²) in [5, 5.41) is 16.3. The predicted molar refractivity (Wildman–Crippen MR) is 75.2 cm³/mol. The molecule has 0 saturated carbocycles. The zero-order valence-corrected chi connectivity index (χ0v) is 11.6. The number of carbonyl (C=O) groups is 2. The molecule has 1 aromatic heterocycles. The monoisotopic (exact) mass is 288 g/mol. The largest absolute Gasteiger partial charge is 0.481 e. The zero-order valence-electron chi connectivity index (χ0n) is 11.6. The predicted octanol–water partition coefficient (Wildman–Crippen LogP) is 1.20. The Kier molecular flexibility index (Phi) is 4.65. The zero-order chi connectivity index (χ0) is 15.2. The molecule has 21 heavy (non-hydrogen) atoms. The van der Waals surface area contributed by atoms with Crippen LogP contribution < -0.4 is 0 Å². The number of nitrogens with zero attached hydrogens (tertiary/aromatic N) is 4. The molecule has 1 aromatic carbocycles. The van der Waals surface area contributed by atoms with Crippen molar-refractivity contribution in [3.8, 4) is 5.69 Å². The Morgan fingerprint density at radius 2 is 2.00 bits per heavy atom. The molecule has 0 aliphatic rings. The van der Waals surface area contributed by atoms with Gasteiger partial charge in [0, 0.05) is 18.7 Å². The lowest BCUT2D eigenvalue weighted by molar-refractivity contribution is -0.137. The first-order valence-electron chi connectivity index (χ1n) is 6.59. The van der Waals surface area contributed by atoms with Crippen molar-refractivity contribution in [2.45, 2.75) is 13.3 Å². The number of carboxylic acids is 1. The minimum atomic E-state index is -0.914. The smallest absolute Gasteiger partial charge is 0.305 e. The maximum Gasteiger partial charge on any atom is 0.305 e. The molecular formula is C14H16N4O3. The number of carbonyl (C=O) groups excluding carboxylic acids is 1. The number of amides is 1. The van der Waals surface area contributed by atoms with Crippen LogP contribution in [0.5, 0.6) is 0 Å². The second kappa shape index (κ2) is 6.65. The topological polar surface area (TPSA) is 88.3 Å². The van der Waals surface area contributed by atoms with Gasteiger partial charge in [0.1, 0.15) is 0 Å². The number of aliphatic carboxylic acids is 1. The van der Waals surface area contributed by atoms with Gasteiger partial charge in [-0.1, -0.05) is 5.21 Å². The van der Waals surface area contributed by atoms with E-state index in [4.69, 9.17) is 5.11 Å². The van der Waals surface area contributed by atoms with Gasteiger partial charge in [-0.25, -0.2) is 4.68 Å². The molecule has 1 amide bonds. The van der Waals surface area contributed by atoms with Crippen molar-refractivity contribution in [2.24, 2.45) is 0 Å². The van der Waals surface area contributed by atoms with E-state index in [-0.39, 0.29) is 18.9 Å². The van der Waals surface area contributed by atoms with Crippen LogP contribution in [0.15, 0.2) is 36.7 Å². The van der Waals surface area contributed by atoms with E-state index < -0.39 is 5.97 Å². The summed E-state index contributed by atoms with van der Waals surface area (Å²) in [4.78, 5) is 24.4. The summed E-state index contributed by atoms with van der Waals surface area (Å²) in [6.07, 6.45) is 3.22. The van der Waals surface area contributed by atoms with Crippen molar-refractivity contribution in [1.29, 1.82) is 0 Å². The van der Waals surface area contributed by atoms with Gasteiger partial charge in [-0.3, -0.25) is 9.59 Å². The van der Waals surface area contributed by atoms with Gasteiger partial charge in [0.05, 0.1) is 24.5 Å². The van der Waals surface area contributed by atoms with Gasteiger partial charge in [0.15, 0.2) is 0 Å². The normalized spacial score (nSPS) is 10.3. The Hall–Kier alpha value is -2.70. The van der Waals surface area contributed by atoms with Crippen molar-refractivity contribution in [2.75, 3.05) is 13.1 Å². The van der Waals surface area contributed by atoms with E-state index in [0.29, 0.717) is 12.1 Å². The molecule has 0 fully saturated rings. The van der Waals surface area contributed by atoms with Crippen LogP contribution in [0.1, 0.15) is 23.7 Å². The average Bonchev–Trinajstić information content (AvgIpc) is 3.02. The summed E-state index contributed by atoms with van der Waals surface area (Å²) < 4.78 is 1.59. The number of benzene rings is 1. The van der Waals surface area contributed by atoms with Gasteiger partial charge < -0.3 is 10.0 Å². The molecule has 0 aliphatic carbocycles.